The first-order chi connectivity index (χ1) is 8.95. The zero-order valence-electron chi connectivity index (χ0n) is 11.1. The smallest absolute Gasteiger partial charge is 0.329 e. The molecule has 0 saturated heterocycles. The summed E-state index contributed by atoms with van der Waals surface area (Å²) in [6.45, 7) is 1.48. The van der Waals surface area contributed by atoms with Gasteiger partial charge in [-0.1, -0.05) is 0 Å². The average Bonchev–Trinajstić information content (AvgIpc) is 2.34. The second-order valence-corrected chi connectivity index (χ2v) is 6.00. The summed E-state index contributed by atoms with van der Waals surface area (Å²) in [5.74, 6) is -0.353. The Bertz CT molecular complexity index is 441. The standard InChI is InChI=1S/C12H17Br2N3O2/c1-17(2)5-4-15-11(12(18)19-3)10-9(14)6-8(13)7-16-10/h6-7,11,15H,4-5H2,1-3H3. The van der Waals surface area contributed by atoms with E-state index in [1.54, 1.807) is 6.20 Å². The van der Waals surface area contributed by atoms with Crippen molar-refractivity contribution in [2.75, 3.05) is 34.3 Å². The topological polar surface area (TPSA) is 54.5 Å². The van der Waals surface area contributed by atoms with Gasteiger partial charge in [0.05, 0.1) is 12.8 Å². The van der Waals surface area contributed by atoms with E-state index in [0.717, 1.165) is 15.5 Å². The second-order valence-electron chi connectivity index (χ2n) is 4.23. The number of likely N-dealkylation sites (N-methyl/N-ethyl adjacent to an activating group) is 1. The third kappa shape index (κ3) is 5.18. The molecule has 0 aliphatic carbocycles. The molecule has 0 spiro atoms. The molecule has 0 amide bonds. The number of pyridine rings is 1. The number of carbonyl (C=O) groups is 1. The number of esters is 1. The Kier molecular flexibility index (Phi) is 6.92. The SMILES string of the molecule is COC(=O)C(NCCN(C)C)c1ncc(Br)cc1Br. The maximum Gasteiger partial charge on any atom is 0.329 e. The molecular weight excluding hydrogens is 378 g/mol. The molecular formula is C12H17Br2N3O2. The number of halogens is 2. The maximum atomic E-state index is 11.9. The average molecular weight is 395 g/mol. The minimum atomic E-state index is -0.576. The van der Waals surface area contributed by atoms with Crippen molar-refractivity contribution in [3.63, 3.8) is 0 Å². The molecule has 0 saturated carbocycles. The Balaban J connectivity index is 2.87. The van der Waals surface area contributed by atoms with Crippen molar-refractivity contribution in [1.29, 1.82) is 0 Å². The number of hydrogen-bond acceptors (Lipinski definition) is 5. The summed E-state index contributed by atoms with van der Waals surface area (Å²) in [5.41, 5.74) is 0.619. The number of rotatable bonds is 6. The summed E-state index contributed by atoms with van der Waals surface area (Å²) in [6.07, 6.45) is 1.66. The number of ether oxygens (including phenoxy) is 1. The van der Waals surface area contributed by atoms with E-state index >= 15 is 0 Å². The number of hydrogen-bond donors (Lipinski definition) is 1. The van der Waals surface area contributed by atoms with Gasteiger partial charge in [-0.25, -0.2) is 4.79 Å². The van der Waals surface area contributed by atoms with Crippen LogP contribution in [0.5, 0.6) is 0 Å². The molecule has 19 heavy (non-hydrogen) atoms. The summed E-state index contributed by atoms with van der Waals surface area (Å²) in [4.78, 5) is 18.2. The fourth-order valence-corrected chi connectivity index (χ4v) is 2.70. The first-order valence-corrected chi connectivity index (χ1v) is 7.31. The van der Waals surface area contributed by atoms with E-state index in [1.807, 2.05) is 25.1 Å². The van der Waals surface area contributed by atoms with E-state index in [-0.39, 0.29) is 5.97 Å². The van der Waals surface area contributed by atoms with Gasteiger partial charge < -0.3 is 9.64 Å². The molecule has 106 valence electrons. The highest BCUT2D eigenvalue weighted by Gasteiger charge is 2.24. The second kappa shape index (κ2) is 7.94. The quantitative estimate of drug-likeness (QED) is 0.747. The van der Waals surface area contributed by atoms with E-state index in [1.165, 1.54) is 7.11 Å². The molecule has 1 heterocycles. The van der Waals surface area contributed by atoms with E-state index < -0.39 is 6.04 Å². The summed E-state index contributed by atoms with van der Waals surface area (Å²) in [6, 6.07) is 1.28. The van der Waals surface area contributed by atoms with Gasteiger partial charge in [-0.15, -0.1) is 0 Å². The Morgan fingerprint density at radius 3 is 2.74 bits per heavy atom. The molecule has 1 aromatic heterocycles. The first kappa shape index (κ1) is 16.6. The van der Waals surface area contributed by atoms with Gasteiger partial charge in [0.2, 0.25) is 0 Å². The first-order valence-electron chi connectivity index (χ1n) is 5.72. The molecule has 1 rings (SSSR count). The van der Waals surface area contributed by atoms with Gasteiger partial charge in [0, 0.05) is 28.2 Å². The highest BCUT2D eigenvalue weighted by molar-refractivity contribution is 9.11. The molecule has 7 heteroatoms. The summed E-state index contributed by atoms with van der Waals surface area (Å²) >= 11 is 6.75. The van der Waals surface area contributed by atoms with E-state index in [9.17, 15) is 4.79 Å². The van der Waals surface area contributed by atoms with Crippen molar-refractivity contribution in [3.8, 4) is 0 Å². The molecule has 1 unspecified atom stereocenters. The molecule has 5 nitrogen and oxygen atoms in total. The molecule has 1 N–H and O–H groups in total. The highest BCUT2D eigenvalue weighted by Crippen LogP contribution is 2.25. The van der Waals surface area contributed by atoms with Gasteiger partial charge in [-0.2, -0.15) is 0 Å². The Labute approximate surface area is 130 Å². The lowest BCUT2D eigenvalue weighted by Crippen LogP contribution is -2.35. The van der Waals surface area contributed by atoms with Gasteiger partial charge in [0.1, 0.15) is 6.04 Å². The predicted molar refractivity (Wildman–Crippen MR) is 81.0 cm³/mol. The van der Waals surface area contributed by atoms with Crippen LogP contribution in [0, 0.1) is 0 Å². The van der Waals surface area contributed by atoms with Crippen LogP contribution >= 0.6 is 31.9 Å². The van der Waals surface area contributed by atoms with Crippen LogP contribution in [0.25, 0.3) is 0 Å². The normalized spacial score (nSPS) is 12.5. The van der Waals surface area contributed by atoms with Gasteiger partial charge in [-0.05, 0) is 52.0 Å². The fourth-order valence-electron chi connectivity index (χ4n) is 1.48. The van der Waals surface area contributed by atoms with Crippen molar-refractivity contribution < 1.29 is 9.53 Å². The molecule has 0 aromatic carbocycles. The largest absolute Gasteiger partial charge is 0.468 e. The van der Waals surface area contributed by atoms with Crippen LogP contribution in [0.15, 0.2) is 21.2 Å². The van der Waals surface area contributed by atoms with Crippen LogP contribution in [0.4, 0.5) is 0 Å². The fraction of sp³-hybridized carbons (Fsp3) is 0.500. The van der Waals surface area contributed by atoms with Crippen LogP contribution in [0.1, 0.15) is 11.7 Å². The molecule has 0 aliphatic rings. The predicted octanol–water partition coefficient (Wildman–Crippen LogP) is 1.97. The number of nitrogens with one attached hydrogen (secondary N) is 1. The minimum Gasteiger partial charge on any atom is -0.468 e. The lowest BCUT2D eigenvalue weighted by atomic mass is 10.2. The molecule has 1 atom stereocenters. The van der Waals surface area contributed by atoms with Crippen molar-refractivity contribution >= 4 is 37.8 Å². The zero-order valence-corrected chi connectivity index (χ0v) is 14.3. The van der Waals surface area contributed by atoms with E-state index in [2.05, 4.69) is 42.2 Å². The third-order valence-electron chi connectivity index (χ3n) is 2.45. The van der Waals surface area contributed by atoms with Crippen molar-refractivity contribution in [2.45, 2.75) is 6.04 Å². The third-order valence-corrected chi connectivity index (χ3v) is 3.52. The number of aromatic nitrogens is 1. The summed E-state index contributed by atoms with van der Waals surface area (Å²) in [7, 11) is 5.32. The number of methoxy groups -OCH3 is 1. The monoisotopic (exact) mass is 393 g/mol. The van der Waals surface area contributed by atoms with Crippen LogP contribution in [0.2, 0.25) is 0 Å². The van der Waals surface area contributed by atoms with Gasteiger partial charge in [-0.3, -0.25) is 10.3 Å². The van der Waals surface area contributed by atoms with Crippen LogP contribution in [-0.2, 0) is 9.53 Å². The lowest BCUT2D eigenvalue weighted by Gasteiger charge is -2.18. The van der Waals surface area contributed by atoms with Crippen molar-refractivity contribution in [3.05, 3.63) is 26.9 Å². The van der Waals surface area contributed by atoms with Crippen molar-refractivity contribution in [2.24, 2.45) is 0 Å². The van der Waals surface area contributed by atoms with E-state index in [0.29, 0.717) is 12.2 Å². The molecule has 1 aromatic rings. The summed E-state index contributed by atoms with van der Waals surface area (Å²) < 4.78 is 6.43. The van der Waals surface area contributed by atoms with E-state index in [4.69, 9.17) is 4.74 Å². The Morgan fingerprint density at radius 1 is 1.53 bits per heavy atom. The zero-order chi connectivity index (χ0) is 14.4. The highest BCUT2D eigenvalue weighted by atomic mass is 79.9. The Morgan fingerprint density at radius 2 is 2.21 bits per heavy atom. The van der Waals surface area contributed by atoms with Gasteiger partial charge in [0.25, 0.3) is 0 Å². The molecule has 0 aliphatic heterocycles. The molecule has 0 fully saturated rings. The summed E-state index contributed by atoms with van der Waals surface area (Å²) in [5, 5.41) is 3.15. The van der Waals surface area contributed by atoms with Crippen LogP contribution in [0.3, 0.4) is 0 Å². The maximum absolute atomic E-state index is 11.9. The Hall–Kier alpha value is -0.500. The molecule has 0 bridgehead atoms. The number of carbonyl (C=O) groups excluding carboxylic acids is 1. The van der Waals surface area contributed by atoms with Gasteiger partial charge in [0.15, 0.2) is 0 Å². The van der Waals surface area contributed by atoms with Crippen LogP contribution < -0.4 is 5.32 Å². The van der Waals surface area contributed by atoms with Crippen molar-refractivity contribution in [1.82, 2.24) is 15.2 Å². The minimum absolute atomic E-state index is 0.353. The van der Waals surface area contributed by atoms with Crippen LogP contribution in [-0.4, -0.2) is 50.1 Å². The number of nitrogens with zero attached hydrogens (tertiary/aromatic N) is 2. The lowest BCUT2D eigenvalue weighted by molar-refractivity contribution is -0.143. The van der Waals surface area contributed by atoms with Gasteiger partial charge >= 0.3 is 5.97 Å². The molecule has 0 radical (unpaired) electrons.